The summed E-state index contributed by atoms with van der Waals surface area (Å²) in [6.45, 7) is 2.38. The number of para-hydroxylation sites is 1. The molecular weight excluding hydrogens is 485 g/mol. The largest absolute Gasteiger partial charge is 0.383 e. The zero-order chi connectivity index (χ0) is 25.4. The van der Waals surface area contributed by atoms with Crippen molar-refractivity contribution in [1.29, 1.82) is 0 Å². The molecule has 1 heterocycles. The van der Waals surface area contributed by atoms with Crippen LogP contribution >= 0.6 is 0 Å². The Bertz CT molecular complexity index is 1230. The molecule has 1 fully saturated rings. The zero-order valence-corrected chi connectivity index (χ0v) is 21.1. The molecule has 3 aromatic rings. The van der Waals surface area contributed by atoms with E-state index in [1.807, 2.05) is 24.3 Å². The average molecular weight is 518 g/mol. The van der Waals surface area contributed by atoms with Gasteiger partial charge in [0, 0.05) is 36.7 Å². The lowest BCUT2D eigenvalue weighted by Gasteiger charge is -2.28. The molecule has 0 atom stereocenters. The highest BCUT2D eigenvalue weighted by Gasteiger charge is 2.23. The van der Waals surface area contributed by atoms with Crippen molar-refractivity contribution in [3.8, 4) is 5.75 Å². The summed E-state index contributed by atoms with van der Waals surface area (Å²) < 4.78 is 45.0. The molecule has 0 saturated heterocycles. The summed E-state index contributed by atoms with van der Waals surface area (Å²) in [7, 11) is -1.98. The molecule has 0 unspecified atom stereocenters. The number of hydrogen-bond donors (Lipinski definition) is 3. The number of methoxy groups -OCH3 is 1. The standard InChI is InChI=1S/C25H32FN5O4S/c1-34-15-14-27-24-22-4-2-3-5-23(22)30-25(31-24)28-16-18-6-8-19(9-7-18)17-29-36(32,33)21-12-10-20(35-26)11-13-21/h2-5,10-13,18-19,29H,6-9,14-17H2,1H3,(H2,27,28,30,31). The minimum Gasteiger partial charge on any atom is -0.383 e. The lowest BCUT2D eigenvalue weighted by Crippen LogP contribution is -2.32. The van der Waals surface area contributed by atoms with Crippen molar-refractivity contribution in [2.75, 3.05) is 44.0 Å². The summed E-state index contributed by atoms with van der Waals surface area (Å²) in [5.41, 5.74) is 0.873. The van der Waals surface area contributed by atoms with Crippen LogP contribution in [0.25, 0.3) is 10.9 Å². The van der Waals surface area contributed by atoms with Gasteiger partial charge in [-0.25, -0.2) is 18.1 Å². The maximum absolute atomic E-state index is 12.5. The predicted octanol–water partition coefficient (Wildman–Crippen LogP) is 4.15. The van der Waals surface area contributed by atoms with Crippen LogP contribution in [0.5, 0.6) is 5.75 Å². The second-order valence-electron chi connectivity index (χ2n) is 9.00. The number of sulfonamides is 1. The molecule has 2 aromatic carbocycles. The Morgan fingerprint density at radius 1 is 0.944 bits per heavy atom. The van der Waals surface area contributed by atoms with Gasteiger partial charge in [-0.2, -0.15) is 4.98 Å². The lowest BCUT2D eigenvalue weighted by atomic mass is 9.82. The molecule has 36 heavy (non-hydrogen) atoms. The lowest BCUT2D eigenvalue weighted by molar-refractivity contribution is -0.00626. The summed E-state index contributed by atoms with van der Waals surface area (Å²) in [5, 5.41) is 7.69. The van der Waals surface area contributed by atoms with E-state index in [1.165, 1.54) is 24.3 Å². The van der Waals surface area contributed by atoms with Gasteiger partial charge in [0.1, 0.15) is 5.82 Å². The van der Waals surface area contributed by atoms with E-state index < -0.39 is 10.0 Å². The van der Waals surface area contributed by atoms with Gasteiger partial charge in [0.25, 0.3) is 0 Å². The highest BCUT2D eigenvalue weighted by atomic mass is 32.2. The minimum atomic E-state index is -3.65. The van der Waals surface area contributed by atoms with Crippen molar-refractivity contribution in [3.63, 3.8) is 0 Å². The van der Waals surface area contributed by atoms with Crippen LogP contribution in [-0.4, -0.2) is 51.7 Å². The van der Waals surface area contributed by atoms with Gasteiger partial charge in [0.05, 0.1) is 17.0 Å². The van der Waals surface area contributed by atoms with Gasteiger partial charge in [-0.1, -0.05) is 12.1 Å². The quantitative estimate of drug-likeness (QED) is 0.307. The summed E-state index contributed by atoms with van der Waals surface area (Å²) >= 11 is 0. The molecule has 3 N–H and O–H groups in total. The number of fused-ring (bicyclic) bond motifs is 1. The molecule has 1 aromatic heterocycles. The number of anilines is 2. The van der Waals surface area contributed by atoms with Gasteiger partial charge < -0.3 is 15.4 Å². The van der Waals surface area contributed by atoms with E-state index >= 15 is 0 Å². The van der Waals surface area contributed by atoms with Crippen molar-refractivity contribution in [1.82, 2.24) is 14.7 Å². The van der Waals surface area contributed by atoms with Gasteiger partial charge in [0.15, 0.2) is 5.75 Å². The van der Waals surface area contributed by atoms with Crippen LogP contribution < -0.4 is 20.3 Å². The molecule has 0 radical (unpaired) electrons. The van der Waals surface area contributed by atoms with E-state index in [4.69, 9.17) is 4.74 Å². The molecular formula is C25H32FN5O4S. The van der Waals surface area contributed by atoms with Gasteiger partial charge in [0.2, 0.25) is 16.0 Å². The molecule has 194 valence electrons. The van der Waals surface area contributed by atoms with E-state index in [2.05, 4.69) is 30.3 Å². The number of rotatable bonds is 12. The number of ether oxygens (including phenoxy) is 1. The Labute approximate surface area is 210 Å². The molecule has 1 aliphatic carbocycles. The number of halogens is 1. The Morgan fingerprint density at radius 2 is 1.64 bits per heavy atom. The summed E-state index contributed by atoms with van der Waals surface area (Å²) in [4.78, 5) is 13.0. The molecule has 1 aliphatic rings. The Kier molecular flexibility index (Phi) is 8.89. The number of aromatic nitrogens is 2. The van der Waals surface area contributed by atoms with Crippen LogP contribution in [0.1, 0.15) is 25.7 Å². The van der Waals surface area contributed by atoms with Gasteiger partial charge in [-0.05, 0) is 73.9 Å². The molecule has 0 spiro atoms. The third-order valence-electron chi connectivity index (χ3n) is 6.50. The predicted molar refractivity (Wildman–Crippen MR) is 137 cm³/mol. The first-order valence-corrected chi connectivity index (χ1v) is 13.6. The van der Waals surface area contributed by atoms with Crippen LogP contribution in [0, 0.1) is 11.8 Å². The molecule has 4 rings (SSSR count). The van der Waals surface area contributed by atoms with Crippen molar-refractivity contribution in [2.24, 2.45) is 11.8 Å². The van der Waals surface area contributed by atoms with E-state index in [1.54, 1.807) is 7.11 Å². The van der Waals surface area contributed by atoms with Gasteiger partial charge in [-0.3, -0.25) is 4.94 Å². The molecule has 0 aliphatic heterocycles. The molecule has 11 heteroatoms. The first-order valence-electron chi connectivity index (χ1n) is 12.1. The van der Waals surface area contributed by atoms with E-state index in [0.717, 1.165) is 48.9 Å². The number of nitrogens with zero attached hydrogens (tertiary/aromatic N) is 2. The fraction of sp³-hybridized carbons (Fsp3) is 0.440. The van der Waals surface area contributed by atoms with E-state index in [0.29, 0.717) is 31.6 Å². The maximum atomic E-state index is 12.5. The van der Waals surface area contributed by atoms with Crippen LogP contribution in [0.4, 0.5) is 16.3 Å². The second kappa shape index (κ2) is 12.3. The van der Waals surface area contributed by atoms with Crippen molar-refractivity contribution in [3.05, 3.63) is 48.5 Å². The van der Waals surface area contributed by atoms with Crippen molar-refractivity contribution < 1.29 is 22.6 Å². The number of benzene rings is 2. The SMILES string of the molecule is COCCNc1nc(NCC2CCC(CNS(=O)(=O)c3ccc(OF)cc3)CC2)nc2ccccc12. The van der Waals surface area contributed by atoms with Gasteiger partial charge >= 0.3 is 0 Å². The topological polar surface area (TPSA) is 114 Å². The van der Waals surface area contributed by atoms with Crippen LogP contribution in [0.15, 0.2) is 53.4 Å². The normalized spacial score (nSPS) is 18.2. The third kappa shape index (κ3) is 6.80. The molecule has 9 nitrogen and oxygen atoms in total. The molecule has 1 saturated carbocycles. The average Bonchev–Trinajstić information content (AvgIpc) is 2.91. The Morgan fingerprint density at radius 3 is 2.33 bits per heavy atom. The highest BCUT2D eigenvalue weighted by molar-refractivity contribution is 7.89. The van der Waals surface area contributed by atoms with Crippen LogP contribution in [-0.2, 0) is 14.8 Å². The fourth-order valence-corrected chi connectivity index (χ4v) is 5.53. The second-order valence-corrected chi connectivity index (χ2v) is 10.8. The van der Waals surface area contributed by atoms with E-state index in [9.17, 15) is 12.9 Å². The zero-order valence-electron chi connectivity index (χ0n) is 20.2. The Hall–Kier alpha value is -3.02. The maximum Gasteiger partial charge on any atom is 0.240 e. The smallest absolute Gasteiger partial charge is 0.240 e. The summed E-state index contributed by atoms with van der Waals surface area (Å²) in [6.07, 6.45) is 3.86. The molecule has 0 bridgehead atoms. The number of nitrogens with one attached hydrogen (secondary N) is 3. The van der Waals surface area contributed by atoms with Crippen LogP contribution in [0.3, 0.4) is 0 Å². The summed E-state index contributed by atoms with van der Waals surface area (Å²) in [6, 6.07) is 13.1. The molecule has 0 amide bonds. The first kappa shape index (κ1) is 26.1. The number of hydrogen-bond acceptors (Lipinski definition) is 8. The monoisotopic (exact) mass is 517 g/mol. The minimum absolute atomic E-state index is 0.0337. The van der Waals surface area contributed by atoms with Crippen LogP contribution in [0.2, 0.25) is 0 Å². The highest BCUT2D eigenvalue weighted by Crippen LogP contribution is 2.29. The first-order chi connectivity index (χ1) is 17.5. The van der Waals surface area contributed by atoms with Crippen molar-refractivity contribution in [2.45, 2.75) is 30.6 Å². The van der Waals surface area contributed by atoms with E-state index in [-0.39, 0.29) is 16.6 Å². The van der Waals surface area contributed by atoms with Crippen molar-refractivity contribution >= 4 is 32.7 Å². The summed E-state index contributed by atoms with van der Waals surface area (Å²) in [5.74, 6) is 2.08. The van der Waals surface area contributed by atoms with Gasteiger partial charge in [-0.15, -0.1) is 0 Å². The third-order valence-corrected chi connectivity index (χ3v) is 7.94. The Balaban J connectivity index is 1.26. The fourth-order valence-electron chi connectivity index (χ4n) is 4.42.